The van der Waals surface area contributed by atoms with Crippen LogP contribution in [0.1, 0.15) is 54.1 Å². The molecule has 0 spiro atoms. The quantitative estimate of drug-likeness (QED) is 0.641. The fraction of sp³-hybridized carbons (Fsp3) is 0.435. The van der Waals surface area contributed by atoms with Crippen LogP contribution in [-0.4, -0.2) is 27.1 Å². The second-order valence-corrected chi connectivity index (χ2v) is 6.23. The molecule has 1 saturated carbocycles. The Hall–Kier alpha value is -1.97. The lowest BCUT2D eigenvalue weighted by Gasteiger charge is -2.35. The Morgan fingerprint density at radius 3 is 2.08 bits per heavy atom. The zero-order chi connectivity index (χ0) is 19.2. The van der Waals surface area contributed by atoms with Crippen LogP contribution in [0.15, 0.2) is 54.6 Å². The first-order valence-electron chi connectivity index (χ1n) is 9.33. The van der Waals surface area contributed by atoms with E-state index in [9.17, 15) is 4.79 Å². The summed E-state index contributed by atoms with van der Waals surface area (Å²) in [5.41, 5.74) is 3.33. The third-order valence-electron chi connectivity index (χ3n) is 4.24. The lowest BCUT2D eigenvalue weighted by Crippen LogP contribution is -2.26. The van der Waals surface area contributed by atoms with Crippen LogP contribution in [0.25, 0.3) is 0 Å². The van der Waals surface area contributed by atoms with Crippen LogP contribution in [0.3, 0.4) is 0 Å². The van der Waals surface area contributed by atoms with E-state index in [2.05, 4.69) is 29.0 Å². The Bertz CT molecular complexity index is 587. The number of hydrogen-bond acceptors (Lipinski definition) is 3. The van der Waals surface area contributed by atoms with E-state index in [4.69, 9.17) is 4.74 Å². The average Bonchev–Trinajstić information content (AvgIpc) is 2.67. The highest BCUT2D eigenvalue weighted by Gasteiger charge is 2.30. The van der Waals surface area contributed by atoms with E-state index >= 15 is 0 Å². The van der Waals surface area contributed by atoms with Crippen LogP contribution in [0.5, 0.6) is 0 Å². The minimum absolute atomic E-state index is 0.635. The predicted octanol–water partition coefficient (Wildman–Crippen LogP) is 5.50. The van der Waals surface area contributed by atoms with Gasteiger partial charge < -0.3 is 9.47 Å². The van der Waals surface area contributed by atoms with Crippen molar-refractivity contribution in [3.63, 3.8) is 0 Å². The molecule has 1 aliphatic carbocycles. The second kappa shape index (κ2) is 13.3. The monoisotopic (exact) mass is 356 g/mol. The van der Waals surface area contributed by atoms with Crippen LogP contribution >= 0.6 is 0 Å². The van der Waals surface area contributed by atoms with Gasteiger partial charge in [-0.25, -0.2) is 0 Å². The van der Waals surface area contributed by atoms with Gasteiger partial charge in [0.15, 0.2) is 0 Å². The van der Waals surface area contributed by atoms with Gasteiger partial charge >= 0.3 is 0 Å². The van der Waals surface area contributed by atoms with Gasteiger partial charge in [0, 0.05) is 26.4 Å². The van der Waals surface area contributed by atoms with E-state index in [1.54, 1.807) is 14.2 Å². The first kappa shape index (κ1) is 22.1. The molecule has 2 aromatic rings. The molecule has 3 rings (SSSR count). The summed E-state index contributed by atoms with van der Waals surface area (Å²) in [5.74, 6) is 1.31. The molecule has 2 aromatic carbocycles. The molecular formula is C23H32O3. The molecule has 3 nitrogen and oxygen atoms in total. The highest BCUT2D eigenvalue weighted by atomic mass is 16.5. The van der Waals surface area contributed by atoms with Gasteiger partial charge in [-0.05, 0) is 35.8 Å². The fourth-order valence-electron chi connectivity index (χ4n) is 2.91. The topological polar surface area (TPSA) is 35.5 Å². The number of ether oxygens (including phenoxy) is 2. The minimum atomic E-state index is 0.635. The van der Waals surface area contributed by atoms with Crippen LogP contribution < -0.4 is 0 Å². The maximum atomic E-state index is 10.6. The largest absolute Gasteiger partial charge is 0.388 e. The molecule has 0 N–H and O–H groups in total. The molecule has 0 heterocycles. The Labute approximate surface area is 158 Å². The van der Waals surface area contributed by atoms with E-state index in [1.165, 1.54) is 24.0 Å². The van der Waals surface area contributed by atoms with Gasteiger partial charge in [-0.15, -0.1) is 0 Å². The van der Waals surface area contributed by atoms with Crippen molar-refractivity contribution in [2.24, 2.45) is 5.92 Å². The second-order valence-electron chi connectivity index (χ2n) is 6.23. The summed E-state index contributed by atoms with van der Waals surface area (Å²) in [6.45, 7) is 5.55. The standard InChI is InChI=1S/C19H20O2.C2H6O.C2H6/c20-12-15-6-8-18(9-7-15)19-10-17(11-19)14-21-13-16-4-2-1-3-5-16;1-3-2;1-2/h1-9,12,17,19H,10-11,13-14H2;1-2H3;1-2H3. The molecule has 1 aliphatic rings. The molecule has 0 amide bonds. The van der Waals surface area contributed by atoms with E-state index in [1.807, 2.05) is 44.2 Å². The SMILES string of the molecule is CC.COC.O=Cc1ccc(C2CC(COCc3ccccc3)C2)cc1. The van der Waals surface area contributed by atoms with Gasteiger partial charge in [0.05, 0.1) is 6.61 Å². The first-order valence-corrected chi connectivity index (χ1v) is 9.33. The van der Waals surface area contributed by atoms with Gasteiger partial charge in [-0.1, -0.05) is 68.4 Å². The third kappa shape index (κ3) is 7.51. The molecular weight excluding hydrogens is 324 g/mol. The van der Waals surface area contributed by atoms with Gasteiger partial charge in [0.2, 0.25) is 0 Å². The van der Waals surface area contributed by atoms with Crippen LogP contribution in [0.2, 0.25) is 0 Å². The molecule has 0 atom stereocenters. The summed E-state index contributed by atoms with van der Waals surface area (Å²) in [6.07, 6.45) is 3.27. The van der Waals surface area contributed by atoms with Crippen molar-refractivity contribution in [1.82, 2.24) is 0 Å². The van der Waals surface area contributed by atoms with Gasteiger partial charge in [0.1, 0.15) is 6.29 Å². The number of methoxy groups -OCH3 is 1. The molecule has 0 unspecified atom stereocenters. The van der Waals surface area contributed by atoms with E-state index in [-0.39, 0.29) is 0 Å². The summed E-state index contributed by atoms with van der Waals surface area (Å²) in [5, 5.41) is 0. The molecule has 142 valence electrons. The number of benzene rings is 2. The summed E-state index contributed by atoms with van der Waals surface area (Å²) in [4.78, 5) is 10.6. The molecule has 0 bridgehead atoms. The molecule has 0 aromatic heterocycles. The molecule has 3 heteroatoms. The van der Waals surface area contributed by atoms with E-state index < -0.39 is 0 Å². The molecule has 0 saturated heterocycles. The van der Waals surface area contributed by atoms with Crippen molar-refractivity contribution < 1.29 is 14.3 Å². The lowest BCUT2D eigenvalue weighted by atomic mass is 9.72. The molecule has 26 heavy (non-hydrogen) atoms. The van der Waals surface area contributed by atoms with Crippen molar-refractivity contribution in [3.8, 4) is 0 Å². The van der Waals surface area contributed by atoms with Crippen LogP contribution in [0.4, 0.5) is 0 Å². The van der Waals surface area contributed by atoms with Gasteiger partial charge in [0.25, 0.3) is 0 Å². The predicted molar refractivity (Wildman–Crippen MR) is 108 cm³/mol. The normalized spacial score (nSPS) is 17.7. The number of carbonyl (C=O) groups is 1. The lowest BCUT2D eigenvalue weighted by molar-refractivity contribution is 0.0508. The number of aldehydes is 1. The maximum absolute atomic E-state index is 10.6. The maximum Gasteiger partial charge on any atom is 0.150 e. The van der Waals surface area contributed by atoms with Gasteiger partial charge in [-0.2, -0.15) is 0 Å². The average molecular weight is 357 g/mol. The summed E-state index contributed by atoms with van der Waals surface area (Å²) < 4.78 is 10.0. The Kier molecular flexibility index (Phi) is 11.3. The Balaban J connectivity index is 0.000000615. The van der Waals surface area contributed by atoms with E-state index in [0.717, 1.165) is 18.5 Å². The van der Waals surface area contributed by atoms with Crippen molar-refractivity contribution in [1.29, 1.82) is 0 Å². The van der Waals surface area contributed by atoms with Crippen molar-refractivity contribution >= 4 is 6.29 Å². The van der Waals surface area contributed by atoms with Crippen molar-refractivity contribution in [2.45, 2.75) is 39.2 Å². The molecule has 0 aliphatic heterocycles. The summed E-state index contributed by atoms with van der Waals surface area (Å²) in [6, 6.07) is 18.3. The minimum Gasteiger partial charge on any atom is -0.388 e. The number of rotatable bonds is 6. The smallest absolute Gasteiger partial charge is 0.150 e. The fourth-order valence-corrected chi connectivity index (χ4v) is 2.91. The first-order chi connectivity index (χ1) is 12.8. The number of hydrogen-bond donors (Lipinski definition) is 0. The highest BCUT2D eigenvalue weighted by Crippen LogP contribution is 2.41. The summed E-state index contributed by atoms with van der Waals surface area (Å²) in [7, 11) is 3.25. The Morgan fingerprint density at radius 2 is 1.54 bits per heavy atom. The molecule has 1 fully saturated rings. The van der Waals surface area contributed by atoms with Gasteiger partial charge in [-0.3, -0.25) is 4.79 Å². The third-order valence-corrected chi connectivity index (χ3v) is 4.24. The van der Waals surface area contributed by atoms with E-state index in [0.29, 0.717) is 18.4 Å². The van der Waals surface area contributed by atoms with Crippen molar-refractivity contribution in [2.75, 3.05) is 20.8 Å². The zero-order valence-corrected chi connectivity index (χ0v) is 16.5. The van der Waals surface area contributed by atoms with Crippen LogP contribution in [0, 0.1) is 5.92 Å². The van der Waals surface area contributed by atoms with Crippen LogP contribution in [-0.2, 0) is 16.1 Å². The zero-order valence-electron chi connectivity index (χ0n) is 16.5. The summed E-state index contributed by atoms with van der Waals surface area (Å²) >= 11 is 0. The Morgan fingerprint density at radius 1 is 0.962 bits per heavy atom. The van der Waals surface area contributed by atoms with Crippen molar-refractivity contribution in [3.05, 3.63) is 71.3 Å². The number of carbonyl (C=O) groups excluding carboxylic acids is 1. The highest BCUT2D eigenvalue weighted by molar-refractivity contribution is 5.74. The molecule has 0 radical (unpaired) electrons.